The van der Waals surface area contributed by atoms with Crippen LogP contribution in [0.4, 0.5) is 18.9 Å². The molecular weight excluding hydrogens is 215 g/mol. The number of alkyl halides is 3. The highest BCUT2D eigenvalue weighted by Gasteiger charge is 2.29. The molecule has 0 saturated carbocycles. The largest absolute Gasteiger partial charge is 0.684 e. The highest BCUT2D eigenvalue weighted by molar-refractivity contribution is 5.49. The molecule has 1 aromatic carbocycles. The first kappa shape index (κ1) is 12.9. The van der Waals surface area contributed by atoms with E-state index >= 15 is 0 Å². The molecule has 0 aliphatic heterocycles. The van der Waals surface area contributed by atoms with Gasteiger partial charge in [-0.15, -0.1) is 12.2 Å². The monoisotopic (exact) mass is 230 g/mol. The predicted octanol–water partition coefficient (Wildman–Crippen LogP) is 4.90. The van der Waals surface area contributed by atoms with Gasteiger partial charge in [-0.25, -0.2) is 0 Å². The third-order valence-corrected chi connectivity index (χ3v) is 2.25. The fraction of sp³-hybridized carbons (Fsp3) is 0.500. The summed E-state index contributed by atoms with van der Waals surface area (Å²) in [6.07, 6.45) is -1.06. The molecule has 0 N–H and O–H groups in total. The summed E-state index contributed by atoms with van der Waals surface area (Å²) < 4.78 is 36.7. The summed E-state index contributed by atoms with van der Waals surface area (Å²) in [5.74, 6) is 0. The van der Waals surface area contributed by atoms with E-state index in [1.54, 1.807) is 0 Å². The van der Waals surface area contributed by atoms with Crippen LogP contribution in [0, 0.1) is 0 Å². The van der Waals surface area contributed by atoms with Crippen LogP contribution in [0.3, 0.4) is 0 Å². The Balaban J connectivity index is 2.46. The first-order valence-corrected chi connectivity index (χ1v) is 5.39. The molecule has 1 aromatic rings. The molecule has 0 fully saturated rings. The molecule has 1 nitrogen and oxygen atoms in total. The van der Waals surface area contributed by atoms with E-state index in [2.05, 4.69) is 12.2 Å². The Bertz CT molecular complexity index is 303. The lowest BCUT2D eigenvalue weighted by Gasteiger charge is -2.21. The second-order valence-electron chi connectivity index (χ2n) is 3.63. The van der Waals surface area contributed by atoms with Gasteiger partial charge in [-0.05, 0) is 0 Å². The van der Waals surface area contributed by atoms with Gasteiger partial charge in [0, 0.05) is 0 Å². The van der Waals surface area contributed by atoms with Gasteiger partial charge in [0.25, 0.3) is 0 Å². The van der Waals surface area contributed by atoms with E-state index in [1.165, 1.54) is 12.1 Å². The molecule has 0 spiro atoms. The third kappa shape index (κ3) is 4.13. The molecule has 1 rings (SSSR count). The summed E-state index contributed by atoms with van der Waals surface area (Å²) in [5.41, 5.74) is -0.0101. The fourth-order valence-electron chi connectivity index (χ4n) is 1.33. The number of rotatable bonds is 5. The summed E-state index contributed by atoms with van der Waals surface area (Å²) in [5, 5.41) is 4.20. The van der Waals surface area contributed by atoms with Crippen LogP contribution in [0.5, 0.6) is 0 Å². The van der Waals surface area contributed by atoms with E-state index in [4.69, 9.17) is 0 Å². The second-order valence-corrected chi connectivity index (χ2v) is 3.63. The fourth-order valence-corrected chi connectivity index (χ4v) is 1.33. The molecule has 0 aliphatic carbocycles. The van der Waals surface area contributed by atoms with E-state index < -0.39 is 11.7 Å². The van der Waals surface area contributed by atoms with E-state index in [0.29, 0.717) is 12.2 Å². The summed E-state index contributed by atoms with van der Waals surface area (Å²) >= 11 is 0. The number of unbranched alkanes of at least 4 members (excludes halogenated alkanes) is 2. The van der Waals surface area contributed by atoms with Gasteiger partial charge >= 0.3 is 6.18 Å². The Hall–Kier alpha value is -1.19. The van der Waals surface area contributed by atoms with Crippen LogP contribution < -0.4 is 0 Å². The topological polar surface area (TPSA) is 14.1 Å². The number of halogens is 3. The van der Waals surface area contributed by atoms with Crippen molar-refractivity contribution >= 4 is 5.69 Å². The molecule has 0 radical (unpaired) electrons. The average molecular weight is 230 g/mol. The van der Waals surface area contributed by atoms with Gasteiger partial charge in [0.1, 0.15) is 0 Å². The molecular formula is C12H15F3N-. The molecule has 0 aromatic heterocycles. The number of hydrogen-bond acceptors (Lipinski definition) is 0. The molecule has 0 bridgehead atoms. The van der Waals surface area contributed by atoms with Crippen molar-refractivity contribution in [3.8, 4) is 0 Å². The summed E-state index contributed by atoms with van der Waals surface area (Å²) in [4.78, 5) is 0. The Kier molecular flexibility index (Phi) is 4.65. The van der Waals surface area contributed by atoms with Crippen LogP contribution in [0.2, 0.25) is 0 Å². The SMILES string of the molecule is CCCCC[N-]c1ccc(C(F)(F)F)cc1. The normalized spacial score (nSPS) is 11.5. The van der Waals surface area contributed by atoms with Gasteiger partial charge in [-0.2, -0.15) is 13.2 Å². The lowest BCUT2D eigenvalue weighted by molar-refractivity contribution is -0.137. The predicted molar refractivity (Wildman–Crippen MR) is 58.9 cm³/mol. The van der Waals surface area contributed by atoms with E-state index in [-0.39, 0.29) is 0 Å². The van der Waals surface area contributed by atoms with Crippen LogP contribution in [-0.2, 0) is 6.18 Å². The lowest BCUT2D eigenvalue weighted by atomic mass is 10.2. The van der Waals surface area contributed by atoms with E-state index in [1.807, 2.05) is 0 Å². The molecule has 0 amide bonds. The lowest BCUT2D eigenvalue weighted by Crippen LogP contribution is -2.03. The van der Waals surface area contributed by atoms with Gasteiger partial charge in [0.15, 0.2) is 0 Å². The molecule has 0 heterocycles. The van der Waals surface area contributed by atoms with Crippen LogP contribution in [0.25, 0.3) is 5.32 Å². The van der Waals surface area contributed by atoms with Crippen molar-refractivity contribution in [2.24, 2.45) is 0 Å². The highest BCUT2D eigenvalue weighted by Crippen LogP contribution is 2.31. The van der Waals surface area contributed by atoms with Crippen molar-refractivity contribution in [1.82, 2.24) is 0 Å². The Labute approximate surface area is 93.7 Å². The molecule has 90 valence electrons. The van der Waals surface area contributed by atoms with Crippen LogP contribution in [0.15, 0.2) is 24.3 Å². The number of benzene rings is 1. The van der Waals surface area contributed by atoms with Crippen LogP contribution in [0.1, 0.15) is 31.7 Å². The molecule has 0 atom stereocenters. The van der Waals surface area contributed by atoms with Crippen molar-refractivity contribution in [3.63, 3.8) is 0 Å². The Morgan fingerprint density at radius 2 is 1.69 bits per heavy atom. The minimum atomic E-state index is -4.26. The zero-order valence-electron chi connectivity index (χ0n) is 9.22. The molecule has 16 heavy (non-hydrogen) atoms. The maximum absolute atomic E-state index is 12.2. The van der Waals surface area contributed by atoms with Gasteiger partial charge < -0.3 is 5.32 Å². The first-order valence-electron chi connectivity index (χ1n) is 5.39. The van der Waals surface area contributed by atoms with Crippen molar-refractivity contribution in [2.45, 2.75) is 32.4 Å². The van der Waals surface area contributed by atoms with E-state index in [0.717, 1.165) is 31.4 Å². The van der Waals surface area contributed by atoms with Gasteiger partial charge in [0.05, 0.1) is 5.56 Å². The average Bonchev–Trinajstić information content (AvgIpc) is 2.24. The maximum Gasteiger partial charge on any atom is 0.416 e. The van der Waals surface area contributed by atoms with Gasteiger partial charge in [-0.1, -0.05) is 50.5 Å². The number of nitrogens with zero attached hydrogens (tertiary/aromatic N) is 1. The van der Waals surface area contributed by atoms with Crippen molar-refractivity contribution < 1.29 is 13.2 Å². The zero-order valence-corrected chi connectivity index (χ0v) is 9.22. The van der Waals surface area contributed by atoms with E-state index in [9.17, 15) is 13.2 Å². The number of hydrogen-bond donors (Lipinski definition) is 0. The summed E-state index contributed by atoms with van der Waals surface area (Å²) in [6.45, 7) is 2.78. The van der Waals surface area contributed by atoms with Crippen molar-refractivity contribution in [2.75, 3.05) is 6.54 Å². The Morgan fingerprint density at radius 3 is 2.19 bits per heavy atom. The smallest absolute Gasteiger partial charge is 0.416 e. The molecule has 0 unspecified atom stereocenters. The van der Waals surface area contributed by atoms with Crippen molar-refractivity contribution in [1.29, 1.82) is 0 Å². The maximum atomic E-state index is 12.2. The molecule has 4 heteroatoms. The quantitative estimate of drug-likeness (QED) is 0.639. The molecule has 0 aliphatic rings. The van der Waals surface area contributed by atoms with Gasteiger partial charge in [-0.3, -0.25) is 0 Å². The third-order valence-electron chi connectivity index (χ3n) is 2.25. The van der Waals surface area contributed by atoms with Gasteiger partial charge in [0.2, 0.25) is 0 Å². The minimum absolute atomic E-state index is 0.615. The standard InChI is InChI=1S/C12H15F3N/c1-2-3-4-9-16-11-7-5-10(6-8-11)12(13,14)15/h5-8H,2-4,9H2,1H3/q-1. The van der Waals surface area contributed by atoms with Crippen molar-refractivity contribution in [3.05, 3.63) is 35.1 Å². The molecule has 0 saturated heterocycles. The Morgan fingerprint density at radius 1 is 1.06 bits per heavy atom. The summed E-state index contributed by atoms with van der Waals surface area (Å²) in [7, 11) is 0. The minimum Gasteiger partial charge on any atom is -0.684 e. The van der Waals surface area contributed by atoms with Crippen LogP contribution >= 0.6 is 0 Å². The first-order chi connectivity index (χ1) is 7.54. The summed E-state index contributed by atoms with van der Waals surface area (Å²) in [6, 6.07) is 4.96. The second kappa shape index (κ2) is 5.77. The van der Waals surface area contributed by atoms with Crippen LogP contribution in [-0.4, -0.2) is 6.54 Å². The highest BCUT2D eigenvalue weighted by atomic mass is 19.4. The zero-order chi connectivity index (χ0) is 12.0.